The van der Waals surface area contributed by atoms with Gasteiger partial charge in [-0.1, -0.05) is 11.3 Å². The number of methoxy groups -OCH3 is 1. The van der Waals surface area contributed by atoms with Gasteiger partial charge in [0.25, 0.3) is 0 Å². The van der Waals surface area contributed by atoms with E-state index in [1.54, 1.807) is 23.1 Å². The summed E-state index contributed by atoms with van der Waals surface area (Å²) < 4.78 is 12.4. The summed E-state index contributed by atoms with van der Waals surface area (Å²) in [6.07, 6.45) is 1.86. The molecule has 0 saturated carbocycles. The van der Waals surface area contributed by atoms with Crippen LogP contribution in [0.5, 0.6) is 0 Å². The lowest BCUT2D eigenvalue weighted by atomic mass is 10.3. The summed E-state index contributed by atoms with van der Waals surface area (Å²) in [4.78, 5) is 5.56. The second-order valence-corrected chi connectivity index (χ2v) is 6.27. The number of anilines is 1. The van der Waals surface area contributed by atoms with Crippen molar-refractivity contribution < 1.29 is 14.3 Å². The Hall–Kier alpha value is -2.16. The van der Waals surface area contributed by atoms with Crippen LogP contribution in [0.3, 0.4) is 0 Å². The number of ether oxygens (including phenoxy) is 1. The number of aryl methyl sites for hydroxylation is 1. The summed E-state index contributed by atoms with van der Waals surface area (Å²) >= 11 is 1.55. The Labute approximate surface area is 143 Å². The lowest BCUT2D eigenvalue weighted by Gasteiger charge is -1.99. The third-order valence-corrected chi connectivity index (χ3v) is 4.55. The predicted octanol–water partition coefficient (Wildman–Crippen LogP) is 2.66. The molecule has 0 unspecified atom stereocenters. The summed E-state index contributed by atoms with van der Waals surface area (Å²) in [6.45, 7) is 3.56. The molecule has 0 aliphatic heterocycles. The Morgan fingerprint density at radius 1 is 1.33 bits per heavy atom. The van der Waals surface area contributed by atoms with E-state index in [4.69, 9.17) is 14.3 Å². The average Bonchev–Trinajstić information content (AvgIpc) is 3.26. The van der Waals surface area contributed by atoms with Crippen LogP contribution in [0.15, 0.2) is 28.8 Å². The topological polar surface area (TPSA) is 85.3 Å². The average molecular weight is 348 g/mol. The fraction of sp³-hybridized carbons (Fsp3) is 0.375. The molecule has 0 atom stereocenters. The SMILES string of the molecule is COCc1ccc(CNc2nc(C)c(-c3ccn(CCO)n3)s2)o1. The summed E-state index contributed by atoms with van der Waals surface area (Å²) in [5.74, 6) is 1.64. The Balaban J connectivity index is 1.66. The van der Waals surface area contributed by atoms with Gasteiger partial charge in [-0.3, -0.25) is 4.68 Å². The van der Waals surface area contributed by atoms with Crippen molar-refractivity contribution in [3.05, 3.63) is 41.6 Å². The first kappa shape index (κ1) is 16.7. The minimum Gasteiger partial charge on any atom is -0.462 e. The van der Waals surface area contributed by atoms with E-state index in [-0.39, 0.29) is 6.61 Å². The molecule has 0 radical (unpaired) electrons. The van der Waals surface area contributed by atoms with Gasteiger partial charge in [0, 0.05) is 13.3 Å². The van der Waals surface area contributed by atoms with Crippen LogP contribution in [0.25, 0.3) is 10.6 Å². The number of nitrogens with one attached hydrogen (secondary N) is 1. The largest absolute Gasteiger partial charge is 0.462 e. The fourth-order valence-corrected chi connectivity index (χ4v) is 3.25. The van der Waals surface area contributed by atoms with E-state index in [2.05, 4.69) is 15.4 Å². The molecule has 3 aromatic heterocycles. The van der Waals surface area contributed by atoms with Gasteiger partial charge in [0.05, 0.1) is 30.3 Å². The summed E-state index contributed by atoms with van der Waals surface area (Å²) in [7, 11) is 1.64. The molecule has 24 heavy (non-hydrogen) atoms. The predicted molar refractivity (Wildman–Crippen MR) is 91.9 cm³/mol. The molecular weight excluding hydrogens is 328 g/mol. The van der Waals surface area contributed by atoms with E-state index in [9.17, 15) is 0 Å². The van der Waals surface area contributed by atoms with Crippen molar-refractivity contribution >= 4 is 16.5 Å². The second kappa shape index (κ2) is 7.61. The molecule has 0 saturated heterocycles. The molecular formula is C16H20N4O3S. The van der Waals surface area contributed by atoms with Crippen molar-refractivity contribution in [2.24, 2.45) is 0 Å². The second-order valence-electron chi connectivity index (χ2n) is 5.28. The molecule has 0 aromatic carbocycles. The van der Waals surface area contributed by atoms with Gasteiger partial charge in [0.1, 0.15) is 23.8 Å². The van der Waals surface area contributed by atoms with Crippen LogP contribution in [0.4, 0.5) is 5.13 Å². The van der Waals surface area contributed by atoms with E-state index in [0.717, 1.165) is 32.9 Å². The van der Waals surface area contributed by atoms with Crippen molar-refractivity contribution in [1.29, 1.82) is 0 Å². The Morgan fingerprint density at radius 2 is 2.17 bits per heavy atom. The molecule has 128 valence electrons. The number of aliphatic hydroxyl groups excluding tert-OH is 1. The molecule has 0 spiro atoms. The van der Waals surface area contributed by atoms with Gasteiger partial charge in [-0.25, -0.2) is 4.98 Å². The standard InChI is InChI=1S/C16H20N4O3S/c1-11-15(14-5-6-20(19-14)7-8-21)24-16(18-11)17-9-12-3-4-13(23-12)10-22-2/h3-6,21H,7-10H2,1-2H3,(H,17,18). The quantitative estimate of drug-likeness (QED) is 0.651. The summed E-state index contributed by atoms with van der Waals surface area (Å²) in [5.41, 5.74) is 1.79. The van der Waals surface area contributed by atoms with E-state index in [1.165, 1.54) is 0 Å². The molecule has 0 bridgehead atoms. The van der Waals surface area contributed by atoms with Gasteiger partial charge >= 0.3 is 0 Å². The minimum atomic E-state index is 0.0732. The fourth-order valence-electron chi connectivity index (χ4n) is 2.32. The van der Waals surface area contributed by atoms with E-state index in [1.807, 2.05) is 31.3 Å². The number of aliphatic hydroxyl groups is 1. The van der Waals surface area contributed by atoms with Gasteiger partial charge in [0.2, 0.25) is 0 Å². The van der Waals surface area contributed by atoms with Gasteiger partial charge in [-0.05, 0) is 25.1 Å². The molecule has 2 N–H and O–H groups in total. The molecule has 3 heterocycles. The minimum absolute atomic E-state index is 0.0732. The van der Waals surface area contributed by atoms with Crippen LogP contribution in [0, 0.1) is 6.92 Å². The summed E-state index contributed by atoms with van der Waals surface area (Å²) in [5, 5.41) is 17.5. The Kier molecular flexibility index (Phi) is 5.29. The third-order valence-electron chi connectivity index (χ3n) is 3.42. The van der Waals surface area contributed by atoms with E-state index < -0.39 is 0 Å². The number of hydrogen-bond acceptors (Lipinski definition) is 7. The van der Waals surface area contributed by atoms with Crippen LogP contribution < -0.4 is 5.32 Å². The Morgan fingerprint density at radius 3 is 2.96 bits per heavy atom. The normalized spacial score (nSPS) is 11.1. The number of nitrogens with zero attached hydrogens (tertiary/aromatic N) is 3. The first-order valence-corrected chi connectivity index (χ1v) is 8.43. The van der Waals surface area contributed by atoms with Crippen LogP contribution in [-0.2, 0) is 24.4 Å². The zero-order valence-corrected chi connectivity index (χ0v) is 14.5. The molecule has 3 aromatic rings. The van der Waals surface area contributed by atoms with E-state index in [0.29, 0.717) is 19.7 Å². The number of aromatic nitrogens is 3. The molecule has 0 aliphatic carbocycles. The highest BCUT2D eigenvalue weighted by molar-refractivity contribution is 7.19. The molecule has 7 nitrogen and oxygen atoms in total. The number of hydrogen-bond donors (Lipinski definition) is 2. The van der Waals surface area contributed by atoms with Crippen molar-refractivity contribution in [3.8, 4) is 10.6 Å². The number of thiazole rings is 1. The van der Waals surface area contributed by atoms with Crippen LogP contribution in [0.1, 0.15) is 17.2 Å². The van der Waals surface area contributed by atoms with Crippen molar-refractivity contribution in [3.63, 3.8) is 0 Å². The van der Waals surface area contributed by atoms with Crippen molar-refractivity contribution in [2.75, 3.05) is 19.0 Å². The first-order chi connectivity index (χ1) is 11.7. The summed E-state index contributed by atoms with van der Waals surface area (Å²) in [6, 6.07) is 5.77. The molecule has 8 heteroatoms. The zero-order valence-electron chi connectivity index (χ0n) is 13.7. The maximum Gasteiger partial charge on any atom is 0.183 e. The highest BCUT2D eigenvalue weighted by Crippen LogP contribution is 2.31. The van der Waals surface area contributed by atoms with Crippen LogP contribution >= 0.6 is 11.3 Å². The first-order valence-electron chi connectivity index (χ1n) is 7.62. The monoisotopic (exact) mass is 348 g/mol. The van der Waals surface area contributed by atoms with Gasteiger partial charge in [-0.15, -0.1) is 0 Å². The molecule has 3 rings (SSSR count). The van der Waals surface area contributed by atoms with E-state index >= 15 is 0 Å². The van der Waals surface area contributed by atoms with Crippen LogP contribution in [-0.4, -0.2) is 33.6 Å². The van der Waals surface area contributed by atoms with Crippen molar-refractivity contribution in [2.45, 2.75) is 26.6 Å². The molecule has 0 amide bonds. The number of rotatable bonds is 8. The lowest BCUT2D eigenvalue weighted by Crippen LogP contribution is -2.02. The zero-order chi connectivity index (χ0) is 16.9. The Bertz CT molecular complexity index is 793. The maximum atomic E-state index is 8.97. The highest BCUT2D eigenvalue weighted by atomic mass is 32.1. The lowest BCUT2D eigenvalue weighted by molar-refractivity contribution is 0.163. The molecule has 0 aliphatic rings. The smallest absolute Gasteiger partial charge is 0.183 e. The third kappa shape index (κ3) is 3.84. The van der Waals surface area contributed by atoms with Gasteiger partial charge in [0.15, 0.2) is 5.13 Å². The van der Waals surface area contributed by atoms with Crippen molar-refractivity contribution in [1.82, 2.24) is 14.8 Å². The maximum absolute atomic E-state index is 8.97. The number of furan rings is 1. The van der Waals surface area contributed by atoms with Gasteiger partial charge < -0.3 is 19.6 Å². The molecule has 0 fully saturated rings. The van der Waals surface area contributed by atoms with Crippen LogP contribution in [0.2, 0.25) is 0 Å². The van der Waals surface area contributed by atoms with Gasteiger partial charge in [-0.2, -0.15) is 5.10 Å². The highest BCUT2D eigenvalue weighted by Gasteiger charge is 2.13.